The van der Waals surface area contributed by atoms with Crippen LogP contribution in [-0.2, 0) is 6.54 Å². The van der Waals surface area contributed by atoms with E-state index >= 15 is 0 Å². The fourth-order valence-corrected chi connectivity index (χ4v) is 2.73. The molecule has 1 N–H and O–H groups in total. The number of hydrogen-bond donors (Lipinski definition) is 1. The van der Waals surface area contributed by atoms with Crippen molar-refractivity contribution in [2.24, 2.45) is 0 Å². The second kappa shape index (κ2) is 6.34. The molecule has 0 saturated carbocycles. The standard InChI is InChI=1S/C17H14BrN3O2/c1-11-2-4-12(5-3-11)9-20-17-14-7-6-13(18)8-15(14)19-10-16(17)21(22)23/h2-8,10H,9H2,1H3,(H,19,20). The first-order chi connectivity index (χ1) is 11.0. The zero-order valence-corrected chi connectivity index (χ0v) is 14.0. The van der Waals surface area contributed by atoms with Crippen LogP contribution in [-0.4, -0.2) is 9.91 Å². The zero-order valence-electron chi connectivity index (χ0n) is 12.4. The van der Waals surface area contributed by atoms with Crippen molar-refractivity contribution in [3.8, 4) is 0 Å². The second-order valence-corrected chi connectivity index (χ2v) is 6.19. The molecule has 0 atom stereocenters. The summed E-state index contributed by atoms with van der Waals surface area (Å²) in [5.74, 6) is 0. The van der Waals surface area contributed by atoms with Crippen LogP contribution in [0.5, 0.6) is 0 Å². The highest BCUT2D eigenvalue weighted by atomic mass is 79.9. The van der Waals surface area contributed by atoms with Crippen LogP contribution in [0.25, 0.3) is 10.9 Å². The quantitative estimate of drug-likeness (QED) is 0.526. The summed E-state index contributed by atoms with van der Waals surface area (Å²) >= 11 is 3.39. The predicted octanol–water partition coefficient (Wildman–Crippen LogP) is 4.83. The smallest absolute Gasteiger partial charge is 0.311 e. The molecule has 0 aliphatic rings. The van der Waals surface area contributed by atoms with Crippen molar-refractivity contribution in [1.82, 2.24) is 4.98 Å². The molecule has 0 saturated heterocycles. The summed E-state index contributed by atoms with van der Waals surface area (Å²) in [5, 5.41) is 15.2. The Hall–Kier alpha value is -2.47. The van der Waals surface area contributed by atoms with Crippen molar-refractivity contribution >= 4 is 38.2 Å². The first kappa shape index (κ1) is 15.4. The predicted molar refractivity (Wildman–Crippen MR) is 94.6 cm³/mol. The number of aryl methyl sites for hydroxylation is 1. The number of nitro groups is 1. The van der Waals surface area contributed by atoms with Crippen molar-refractivity contribution in [2.45, 2.75) is 13.5 Å². The number of fused-ring (bicyclic) bond motifs is 1. The average Bonchev–Trinajstić information content (AvgIpc) is 2.53. The molecular formula is C17H14BrN3O2. The van der Waals surface area contributed by atoms with E-state index in [0.717, 1.165) is 15.4 Å². The first-order valence-electron chi connectivity index (χ1n) is 7.06. The fraction of sp³-hybridized carbons (Fsp3) is 0.118. The Kier molecular flexibility index (Phi) is 4.25. The van der Waals surface area contributed by atoms with Crippen LogP contribution in [0.1, 0.15) is 11.1 Å². The third-order valence-electron chi connectivity index (χ3n) is 3.60. The van der Waals surface area contributed by atoms with Crippen LogP contribution in [0.3, 0.4) is 0 Å². The molecule has 0 fully saturated rings. The lowest BCUT2D eigenvalue weighted by Gasteiger charge is -2.10. The summed E-state index contributed by atoms with van der Waals surface area (Å²) in [6.07, 6.45) is 1.30. The Morgan fingerprint density at radius 1 is 1.22 bits per heavy atom. The normalized spacial score (nSPS) is 10.7. The van der Waals surface area contributed by atoms with E-state index in [-0.39, 0.29) is 5.69 Å². The molecule has 2 aromatic carbocycles. The van der Waals surface area contributed by atoms with E-state index in [1.54, 1.807) is 0 Å². The van der Waals surface area contributed by atoms with Gasteiger partial charge in [0.1, 0.15) is 11.9 Å². The van der Waals surface area contributed by atoms with E-state index in [0.29, 0.717) is 17.7 Å². The first-order valence-corrected chi connectivity index (χ1v) is 7.86. The van der Waals surface area contributed by atoms with Crippen LogP contribution in [0, 0.1) is 17.0 Å². The summed E-state index contributed by atoms with van der Waals surface area (Å²) in [6, 6.07) is 13.6. The van der Waals surface area contributed by atoms with Crippen molar-refractivity contribution in [1.29, 1.82) is 0 Å². The minimum absolute atomic E-state index is 0.0214. The maximum atomic E-state index is 11.3. The molecule has 0 aliphatic carbocycles. The van der Waals surface area contributed by atoms with E-state index in [1.807, 2.05) is 49.4 Å². The van der Waals surface area contributed by atoms with Gasteiger partial charge in [-0.15, -0.1) is 0 Å². The van der Waals surface area contributed by atoms with Crippen molar-refractivity contribution in [3.05, 3.63) is 74.4 Å². The molecule has 0 radical (unpaired) electrons. The van der Waals surface area contributed by atoms with Crippen molar-refractivity contribution in [2.75, 3.05) is 5.32 Å². The van der Waals surface area contributed by atoms with Crippen molar-refractivity contribution in [3.63, 3.8) is 0 Å². The highest BCUT2D eigenvalue weighted by Gasteiger charge is 2.18. The molecule has 3 rings (SSSR count). The van der Waals surface area contributed by atoms with Crippen molar-refractivity contribution < 1.29 is 4.92 Å². The highest BCUT2D eigenvalue weighted by Crippen LogP contribution is 2.33. The molecule has 6 heteroatoms. The Bertz CT molecular complexity index is 879. The molecule has 116 valence electrons. The number of anilines is 1. The molecule has 0 spiro atoms. The molecule has 5 nitrogen and oxygen atoms in total. The molecule has 0 aliphatic heterocycles. The Balaban J connectivity index is 2.01. The monoisotopic (exact) mass is 371 g/mol. The number of aromatic nitrogens is 1. The van der Waals surface area contributed by atoms with Gasteiger partial charge in [0.2, 0.25) is 0 Å². The van der Waals surface area contributed by atoms with Gasteiger partial charge in [0.25, 0.3) is 0 Å². The highest BCUT2D eigenvalue weighted by molar-refractivity contribution is 9.10. The lowest BCUT2D eigenvalue weighted by Crippen LogP contribution is -2.04. The number of benzene rings is 2. The largest absolute Gasteiger partial charge is 0.375 e. The molecule has 0 amide bonds. The van der Waals surface area contributed by atoms with E-state index in [4.69, 9.17) is 0 Å². The molecule has 23 heavy (non-hydrogen) atoms. The number of rotatable bonds is 4. The SMILES string of the molecule is Cc1ccc(CNc2c([N+](=O)[O-])cnc3cc(Br)ccc23)cc1. The molecule has 0 bridgehead atoms. The van der Waals surface area contributed by atoms with Crippen LogP contribution < -0.4 is 5.32 Å². The lowest BCUT2D eigenvalue weighted by atomic mass is 10.1. The van der Waals surface area contributed by atoms with Gasteiger partial charge >= 0.3 is 5.69 Å². The Labute approximate surface area is 141 Å². The number of pyridine rings is 1. The Morgan fingerprint density at radius 3 is 2.65 bits per heavy atom. The third kappa shape index (κ3) is 3.32. The molecule has 1 aromatic heterocycles. The summed E-state index contributed by atoms with van der Waals surface area (Å²) in [5.41, 5.74) is 3.42. The summed E-state index contributed by atoms with van der Waals surface area (Å²) in [7, 11) is 0. The molecule has 1 heterocycles. The van der Waals surface area contributed by atoms with Crippen LogP contribution in [0.4, 0.5) is 11.4 Å². The lowest BCUT2D eigenvalue weighted by molar-refractivity contribution is -0.384. The number of hydrogen-bond acceptors (Lipinski definition) is 4. The van der Waals surface area contributed by atoms with Crippen LogP contribution in [0.15, 0.2) is 53.1 Å². The van der Waals surface area contributed by atoms with Gasteiger partial charge in [-0.05, 0) is 30.7 Å². The second-order valence-electron chi connectivity index (χ2n) is 5.28. The maximum absolute atomic E-state index is 11.3. The minimum Gasteiger partial charge on any atom is -0.375 e. The van der Waals surface area contributed by atoms with Gasteiger partial charge in [0, 0.05) is 16.4 Å². The number of nitrogens with one attached hydrogen (secondary N) is 1. The summed E-state index contributed by atoms with van der Waals surface area (Å²) < 4.78 is 0.885. The Morgan fingerprint density at radius 2 is 1.96 bits per heavy atom. The van der Waals surface area contributed by atoms with E-state index in [9.17, 15) is 10.1 Å². The zero-order chi connectivity index (χ0) is 16.4. The van der Waals surface area contributed by atoms with Gasteiger partial charge in [-0.3, -0.25) is 10.1 Å². The van der Waals surface area contributed by atoms with Gasteiger partial charge in [-0.25, -0.2) is 4.98 Å². The molecule has 0 unspecified atom stereocenters. The van der Waals surface area contributed by atoms with Crippen LogP contribution in [0.2, 0.25) is 0 Å². The number of nitrogens with zero attached hydrogens (tertiary/aromatic N) is 2. The molecular weight excluding hydrogens is 358 g/mol. The van der Waals surface area contributed by atoms with Crippen LogP contribution >= 0.6 is 15.9 Å². The summed E-state index contributed by atoms with van der Waals surface area (Å²) in [4.78, 5) is 15.1. The van der Waals surface area contributed by atoms with Gasteiger partial charge in [-0.1, -0.05) is 45.8 Å². The van der Waals surface area contributed by atoms with Gasteiger partial charge in [-0.2, -0.15) is 0 Å². The molecule has 3 aromatic rings. The average molecular weight is 372 g/mol. The fourth-order valence-electron chi connectivity index (χ4n) is 2.38. The van der Waals surface area contributed by atoms with E-state index in [1.165, 1.54) is 11.8 Å². The third-order valence-corrected chi connectivity index (χ3v) is 4.09. The van der Waals surface area contributed by atoms with Gasteiger partial charge < -0.3 is 5.32 Å². The van der Waals surface area contributed by atoms with Gasteiger partial charge in [0.05, 0.1) is 10.4 Å². The summed E-state index contributed by atoms with van der Waals surface area (Å²) in [6.45, 7) is 2.53. The minimum atomic E-state index is -0.411. The number of halogens is 1. The topological polar surface area (TPSA) is 68.1 Å². The van der Waals surface area contributed by atoms with E-state index in [2.05, 4.69) is 26.2 Å². The van der Waals surface area contributed by atoms with Gasteiger partial charge in [0.15, 0.2) is 0 Å². The maximum Gasteiger partial charge on any atom is 0.311 e. The van der Waals surface area contributed by atoms with E-state index < -0.39 is 4.92 Å².